The van der Waals surface area contributed by atoms with E-state index in [1.54, 1.807) is 11.3 Å². The fourth-order valence-electron chi connectivity index (χ4n) is 3.59. The summed E-state index contributed by atoms with van der Waals surface area (Å²) in [4.78, 5) is 20.0. The van der Waals surface area contributed by atoms with Crippen LogP contribution in [0.1, 0.15) is 17.4 Å². The normalized spacial score (nSPS) is 14.6. The van der Waals surface area contributed by atoms with Gasteiger partial charge >= 0.3 is 0 Å². The molecule has 1 aliphatic heterocycles. The van der Waals surface area contributed by atoms with Crippen LogP contribution >= 0.6 is 11.3 Å². The largest absolute Gasteiger partial charge is 0.350 e. The molecule has 1 aliphatic rings. The molecule has 0 saturated carbocycles. The number of fused-ring (bicyclic) bond motifs is 1. The molecular formula is C20H18N4O2S. The van der Waals surface area contributed by atoms with Crippen LogP contribution in [0.15, 0.2) is 52.5 Å². The van der Waals surface area contributed by atoms with Gasteiger partial charge < -0.3 is 14.0 Å². The number of nitrogens with zero attached hydrogens (tertiary/aromatic N) is 4. The highest BCUT2D eigenvalue weighted by molar-refractivity contribution is 7.13. The summed E-state index contributed by atoms with van der Waals surface area (Å²) in [7, 11) is 2.01. The Balaban J connectivity index is 1.25. The number of aromatic nitrogens is 3. The molecule has 5 rings (SSSR count). The summed E-state index contributed by atoms with van der Waals surface area (Å²) >= 11 is 1.58. The molecule has 0 unspecified atom stereocenters. The Hall–Kier alpha value is -2.93. The lowest BCUT2D eigenvalue weighted by Crippen LogP contribution is -2.49. The number of carbonyl (C=O) groups is 1. The molecule has 0 N–H and O–H groups in total. The van der Waals surface area contributed by atoms with Crippen LogP contribution in [0.4, 0.5) is 0 Å². The van der Waals surface area contributed by atoms with E-state index in [1.165, 1.54) is 0 Å². The number of benzene rings is 1. The number of likely N-dealkylation sites (tertiary alicyclic amines) is 1. The van der Waals surface area contributed by atoms with Gasteiger partial charge in [0.15, 0.2) is 0 Å². The van der Waals surface area contributed by atoms with Gasteiger partial charge in [0.1, 0.15) is 0 Å². The number of aryl methyl sites for hydroxylation is 1. The molecule has 1 saturated heterocycles. The van der Waals surface area contributed by atoms with Crippen LogP contribution in [-0.4, -0.2) is 38.6 Å². The Morgan fingerprint density at radius 3 is 2.93 bits per heavy atom. The molecule has 27 heavy (non-hydrogen) atoms. The molecule has 136 valence electrons. The fourth-order valence-corrected chi connectivity index (χ4v) is 4.24. The van der Waals surface area contributed by atoms with Crippen molar-refractivity contribution in [1.82, 2.24) is 19.6 Å². The molecule has 1 fully saturated rings. The Morgan fingerprint density at radius 2 is 2.11 bits per heavy atom. The molecule has 0 spiro atoms. The van der Waals surface area contributed by atoms with Gasteiger partial charge in [-0.1, -0.05) is 29.4 Å². The number of carbonyl (C=O) groups excluding carboxylic acids is 1. The van der Waals surface area contributed by atoms with Crippen LogP contribution in [0, 0.1) is 0 Å². The lowest BCUT2D eigenvalue weighted by atomic mass is 9.98. The van der Waals surface area contributed by atoms with Crippen molar-refractivity contribution in [3.63, 3.8) is 0 Å². The molecule has 1 aromatic carbocycles. The van der Waals surface area contributed by atoms with Crippen molar-refractivity contribution in [2.75, 3.05) is 13.1 Å². The topological polar surface area (TPSA) is 64.2 Å². The first kappa shape index (κ1) is 16.3. The molecule has 0 radical (unpaired) electrons. The number of amides is 1. The van der Waals surface area contributed by atoms with Crippen molar-refractivity contribution in [3.8, 4) is 10.7 Å². The summed E-state index contributed by atoms with van der Waals surface area (Å²) in [6.07, 6.45) is 2.46. The third-order valence-corrected chi connectivity index (χ3v) is 5.95. The average molecular weight is 378 g/mol. The molecule has 1 amide bonds. The van der Waals surface area contributed by atoms with Crippen molar-refractivity contribution in [2.24, 2.45) is 7.05 Å². The lowest BCUT2D eigenvalue weighted by molar-refractivity contribution is -0.135. The van der Waals surface area contributed by atoms with E-state index >= 15 is 0 Å². The maximum absolute atomic E-state index is 12.7. The van der Waals surface area contributed by atoms with Crippen molar-refractivity contribution in [1.29, 1.82) is 0 Å². The molecule has 4 aromatic rings. The zero-order chi connectivity index (χ0) is 18.4. The van der Waals surface area contributed by atoms with Gasteiger partial charge in [0.05, 0.1) is 17.2 Å². The summed E-state index contributed by atoms with van der Waals surface area (Å²) in [5.74, 6) is 1.51. The predicted molar refractivity (Wildman–Crippen MR) is 104 cm³/mol. The average Bonchev–Trinajstić information content (AvgIpc) is 3.35. The van der Waals surface area contributed by atoms with E-state index in [9.17, 15) is 4.79 Å². The molecule has 7 heteroatoms. The molecule has 0 bridgehead atoms. The van der Waals surface area contributed by atoms with Crippen molar-refractivity contribution in [2.45, 2.75) is 12.3 Å². The van der Waals surface area contributed by atoms with Gasteiger partial charge in [-0.2, -0.15) is 4.98 Å². The second-order valence-electron chi connectivity index (χ2n) is 6.89. The maximum Gasteiger partial charge on any atom is 0.233 e. The highest BCUT2D eigenvalue weighted by Gasteiger charge is 2.35. The quantitative estimate of drug-likeness (QED) is 0.546. The first-order valence-corrected chi connectivity index (χ1v) is 9.75. The Morgan fingerprint density at radius 1 is 1.26 bits per heavy atom. The van der Waals surface area contributed by atoms with Crippen LogP contribution in [0.25, 0.3) is 21.6 Å². The van der Waals surface area contributed by atoms with Gasteiger partial charge in [-0.05, 0) is 23.1 Å². The highest BCUT2D eigenvalue weighted by Crippen LogP contribution is 2.30. The van der Waals surface area contributed by atoms with Gasteiger partial charge in [0, 0.05) is 37.2 Å². The summed E-state index contributed by atoms with van der Waals surface area (Å²) in [5, 5.41) is 7.18. The highest BCUT2D eigenvalue weighted by atomic mass is 32.1. The predicted octanol–water partition coefficient (Wildman–Crippen LogP) is 3.46. The first-order chi connectivity index (χ1) is 13.2. The van der Waals surface area contributed by atoms with Gasteiger partial charge in [0.25, 0.3) is 0 Å². The van der Waals surface area contributed by atoms with Gasteiger partial charge in [-0.3, -0.25) is 4.79 Å². The Kier molecular flexibility index (Phi) is 3.82. The number of hydrogen-bond acceptors (Lipinski definition) is 5. The third-order valence-electron chi connectivity index (χ3n) is 5.09. The van der Waals surface area contributed by atoms with Crippen LogP contribution in [0.3, 0.4) is 0 Å². The molecule has 0 aliphatic carbocycles. The molecular weight excluding hydrogens is 360 g/mol. The number of thiophene rings is 1. The minimum absolute atomic E-state index is 0.127. The van der Waals surface area contributed by atoms with E-state index < -0.39 is 0 Å². The Labute approximate surface area is 160 Å². The molecule has 0 atom stereocenters. The number of hydrogen-bond donors (Lipinski definition) is 0. The second-order valence-corrected chi connectivity index (χ2v) is 7.84. The lowest BCUT2D eigenvalue weighted by Gasteiger charge is -2.37. The smallest absolute Gasteiger partial charge is 0.233 e. The van der Waals surface area contributed by atoms with Gasteiger partial charge in [-0.25, -0.2) is 0 Å². The zero-order valence-corrected chi connectivity index (χ0v) is 15.6. The second kappa shape index (κ2) is 6.35. The fraction of sp³-hybridized carbons (Fsp3) is 0.250. The maximum atomic E-state index is 12.7. The van der Waals surface area contributed by atoms with E-state index in [0.29, 0.717) is 31.2 Å². The van der Waals surface area contributed by atoms with E-state index in [4.69, 9.17) is 4.52 Å². The van der Waals surface area contributed by atoms with E-state index in [2.05, 4.69) is 26.8 Å². The van der Waals surface area contributed by atoms with Crippen LogP contribution < -0.4 is 0 Å². The SMILES string of the molecule is Cn1cc(CC(=O)N2CC(c3nc(-c4cccs4)no3)C2)c2ccccc21. The van der Waals surface area contributed by atoms with E-state index in [-0.39, 0.29) is 11.8 Å². The zero-order valence-electron chi connectivity index (χ0n) is 14.8. The van der Waals surface area contributed by atoms with E-state index in [0.717, 1.165) is 21.3 Å². The molecule has 6 nitrogen and oxygen atoms in total. The summed E-state index contributed by atoms with van der Waals surface area (Å²) in [5.41, 5.74) is 2.22. The summed E-state index contributed by atoms with van der Waals surface area (Å²) in [6.45, 7) is 1.27. The summed E-state index contributed by atoms with van der Waals surface area (Å²) < 4.78 is 7.47. The third kappa shape index (κ3) is 2.84. The number of rotatable bonds is 4. The monoisotopic (exact) mass is 378 g/mol. The van der Waals surface area contributed by atoms with Crippen molar-refractivity contribution >= 4 is 28.1 Å². The van der Waals surface area contributed by atoms with Gasteiger partial charge in [-0.15, -0.1) is 11.3 Å². The minimum Gasteiger partial charge on any atom is -0.350 e. The van der Waals surface area contributed by atoms with E-state index in [1.807, 2.05) is 47.8 Å². The van der Waals surface area contributed by atoms with Gasteiger partial charge in [0.2, 0.25) is 17.6 Å². The number of para-hydroxylation sites is 1. The standard InChI is InChI=1S/C20H18N4O2S/c1-23-10-13(15-5-2-3-6-16(15)23)9-18(25)24-11-14(12-24)20-21-19(22-26-20)17-7-4-8-27-17/h2-8,10,14H,9,11-12H2,1H3. The Bertz CT molecular complexity index is 1110. The van der Waals surface area contributed by atoms with Crippen molar-refractivity contribution < 1.29 is 9.32 Å². The summed E-state index contributed by atoms with van der Waals surface area (Å²) in [6, 6.07) is 12.1. The molecule has 3 aromatic heterocycles. The van der Waals surface area contributed by atoms with Crippen LogP contribution in [0.2, 0.25) is 0 Å². The first-order valence-electron chi connectivity index (χ1n) is 8.87. The minimum atomic E-state index is 0.127. The van der Waals surface area contributed by atoms with Crippen LogP contribution in [0.5, 0.6) is 0 Å². The van der Waals surface area contributed by atoms with Crippen molar-refractivity contribution in [3.05, 3.63) is 59.4 Å². The van der Waals surface area contributed by atoms with Crippen LogP contribution in [-0.2, 0) is 18.3 Å². The molecule has 4 heterocycles.